The lowest BCUT2D eigenvalue weighted by molar-refractivity contribution is 1.29. The maximum absolute atomic E-state index is 2.62. The number of benzene rings is 11. The third-order valence-electron chi connectivity index (χ3n) is 15.2. The lowest BCUT2D eigenvalue weighted by atomic mass is 9.89. The van der Waals surface area contributed by atoms with Crippen molar-refractivity contribution in [2.75, 3.05) is 9.80 Å². The van der Waals surface area contributed by atoms with Crippen molar-refractivity contribution in [3.05, 3.63) is 254 Å². The number of aromatic nitrogens is 2. The smallest absolute Gasteiger partial charge is 0.0642 e. The molecule has 0 atom stereocenters. The number of rotatable bonds is 8. The largest absolute Gasteiger partial charge is 0.310 e. The van der Waals surface area contributed by atoms with Crippen molar-refractivity contribution in [2.24, 2.45) is 0 Å². The number of anilines is 6. The molecule has 15 rings (SSSR count). The van der Waals surface area contributed by atoms with Crippen LogP contribution in [0.15, 0.2) is 243 Å². The molecule has 0 saturated carbocycles. The number of hydrogen-bond donors (Lipinski definition) is 0. The van der Waals surface area contributed by atoms with Crippen LogP contribution in [0.5, 0.6) is 0 Å². The van der Waals surface area contributed by atoms with E-state index in [-0.39, 0.29) is 0 Å². The Bertz CT molecular complexity index is 4240. The second-order valence-electron chi connectivity index (χ2n) is 19.4. The van der Waals surface area contributed by atoms with Gasteiger partial charge < -0.3 is 18.6 Å². The summed E-state index contributed by atoms with van der Waals surface area (Å²) in [4.78, 5) is 4.89. The monoisotopic (exact) mass is 918 g/mol. The van der Waals surface area contributed by atoms with Crippen molar-refractivity contribution in [2.45, 2.75) is 13.8 Å². The highest BCUT2D eigenvalue weighted by atomic mass is 15.2. The van der Waals surface area contributed by atoms with E-state index in [4.69, 9.17) is 0 Å². The van der Waals surface area contributed by atoms with Gasteiger partial charge in [0.2, 0.25) is 0 Å². The molecule has 0 aliphatic heterocycles. The number of hydrogen-bond acceptors (Lipinski definition) is 2. The third-order valence-corrected chi connectivity index (χ3v) is 15.2. The number of nitrogens with zero attached hydrogens (tertiary/aromatic N) is 4. The summed E-state index contributed by atoms with van der Waals surface area (Å²) in [5, 5.41) is 9.89. The van der Waals surface area contributed by atoms with Crippen molar-refractivity contribution in [3.63, 3.8) is 0 Å². The molecule has 0 bridgehead atoms. The van der Waals surface area contributed by atoms with Gasteiger partial charge in [-0.05, 0) is 97.8 Å². The first-order valence-corrected chi connectivity index (χ1v) is 24.9. The second-order valence-corrected chi connectivity index (χ2v) is 19.4. The molecule has 15 aromatic rings. The minimum absolute atomic E-state index is 1.12. The minimum Gasteiger partial charge on any atom is -0.310 e. The van der Waals surface area contributed by atoms with E-state index in [1.165, 1.54) is 110 Å². The molecule has 0 aliphatic rings. The Labute approximate surface area is 416 Å². The lowest BCUT2D eigenvalue weighted by Crippen LogP contribution is -2.10. The van der Waals surface area contributed by atoms with Crippen molar-refractivity contribution < 1.29 is 0 Å². The molecular weight excluding hydrogens is 873 g/mol. The molecule has 0 aliphatic carbocycles. The number of aryl methyl sites for hydroxylation is 2. The number of para-hydroxylation sites is 4. The van der Waals surface area contributed by atoms with Crippen LogP contribution < -0.4 is 9.80 Å². The van der Waals surface area contributed by atoms with Crippen molar-refractivity contribution in [1.29, 1.82) is 0 Å². The zero-order valence-electron chi connectivity index (χ0n) is 39.9. The van der Waals surface area contributed by atoms with E-state index in [2.05, 4.69) is 275 Å². The molecule has 0 amide bonds. The van der Waals surface area contributed by atoms with E-state index in [1.807, 2.05) is 0 Å². The van der Waals surface area contributed by atoms with Crippen molar-refractivity contribution >= 4 is 110 Å². The summed E-state index contributed by atoms with van der Waals surface area (Å²) in [6, 6.07) is 89.6. The standard InChI is InChI=1S/C68H46N4/c1-43-31-35-49(36-32-43)69(47-23-11-5-12-24-47)57-41-39-53-63-59(45-19-7-3-8-20-45)68-64(60(46-21-9-4-10-22-46)67(63)71-55-29-17-15-27-51(55)61(57)65(53)71)54-40-42-58(62-52-28-16-18-30-56(52)72(68)66(54)62)70(48-25-13-6-14-26-48)50-37-33-44(2)34-38-50/h3-42H,1-2H3. The van der Waals surface area contributed by atoms with Gasteiger partial charge in [0.25, 0.3) is 0 Å². The molecule has 4 aromatic heterocycles. The van der Waals surface area contributed by atoms with E-state index >= 15 is 0 Å². The fourth-order valence-corrected chi connectivity index (χ4v) is 12.3. The third kappa shape index (κ3) is 5.69. The Morgan fingerprint density at radius 1 is 0.264 bits per heavy atom. The fourth-order valence-electron chi connectivity index (χ4n) is 12.3. The molecule has 11 aromatic carbocycles. The van der Waals surface area contributed by atoms with Crippen molar-refractivity contribution in [1.82, 2.24) is 8.80 Å². The predicted molar refractivity (Wildman–Crippen MR) is 305 cm³/mol. The summed E-state index contributed by atoms with van der Waals surface area (Å²) < 4.78 is 5.25. The van der Waals surface area contributed by atoms with E-state index in [0.717, 1.165) is 34.1 Å². The molecule has 4 heterocycles. The normalized spacial score (nSPS) is 12.0. The number of fused-ring (bicyclic) bond motifs is 12. The first kappa shape index (κ1) is 40.5. The van der Waals surface area contributed by atoms with Crippen molar-refractivity contribution in [3.8, 4) is 22.3 Å². The average Bonchev–Trinajstić information content (AvgIpc) is 4.18. The van der Waals surface area contributed by atoms with Gasteiger partial charge in [0, 0.05) is 77.0 Å². The van der Waals surface area contributed by atoms with Gasteiger partial charge in [0.1, 0.15) is 0 Å². The van der Waals surface area contributed by atoms with E-state index < -0.39 is 0 Å². The highest BCUT2D eigenvalue weighted by molar-refractivity contribution is 6.39. The van der Waals surface area contributed by atoms with Crippen LogP contribution in [0.1, 0.15) is 11.1 Å². The molecule has 4 heteroatoms. The summed E-state index contributed by atoms with van der Waals surface area (Å²) in [5.74, 6) is 0. The summed E-state index contributed by atoms with van der Waals surface area (Å²) >= 11 is 0. The molecule has 0 saturated heterocycles. The Morgan fingerprint density at radius 2 is 0.597 bits per heavy atom. The molecule has 0 spiro atoms. The van der Waals surface area contributed by atoms with Crippen LogP contribution in [-0.2, 0) is 0 Å². The maximum Gasteiger partial charge on any atom is 0.0642 e. The van der Waals surface area contributed by atoms with E-state index in [1.54, 1.807) is 0 Å². The SMILES string of the molecule is Cc1ccc(N(c2ccccc2)c2ccc3c4c(-c5ccccc5)c5c(c(-c6ccccc6)c4n4c6ccccc6c2c34)c2ccc(N(c3ccccc3)c3ccc(C)cc3)c3c4ccccc4n5c23)cc1. The fraction of sp³-hybridized carbons (Fsp3) is 0.0294. The van der Waals surface area contributed by atoms with Gasteiger partial charge in [0.15, 0.2) is 0 Å². The van der Waals surface area contributed by atoms with Crippen LogP contribution in [0.4, 0.5) is 34.1 Å². The van der Waals surface area contributed by atoms with Crippen LogP contribution >= 0.6 is 0 Å². The van der Waals surface area contributed by atoms with Gasteiger partial charge in [-0.25, -0.2) is 0 Å². The molecule has 0 fully saturated rings. The topological polar surface area (TPSA) is 15.3 Å². The van der Waals surface area contributed by atoms with Gasteiger partial charge in [-0.3, -0.25) is 0 Å². The molecule has 4 nitrogen and oxygen atoms in total. The van der Waals surface area contributed by atoms with Gasteiger partial charge in [-0.15, -0.1) is 0 Å². The van der Waals surface area contributed by atoms with Crippen LogP contribution in [0.3, 0.4) is 0 Å². The summed E-state index contributed by atoms with van der Waals surface area (Å²) in [5.41, 5.74) is 21.3. The first-order chi connectivity index (χ1) is 35.6. The Balaban J connectivity index is 1.17. The maximum atomic E-state index is 2.62. The average molecular weight is 919 g/mol. The van der Waals surface area contributed by atoms with Gasteiger partial charge >= 0.3 is 0 Å². The Kier molecular flexibility index (Phi) is 8.75. The summed E-state index contributed by atoms with van der Waals surface area (Å²) in [7, 11) is 0. The first-order valence-electron chi connectivity index (χ1n) is 24.9. The van der Waals surface area contributed by atoms with Crippen LogP contribution in [-0.4, -0.2) is 8.80 Å². The van der Waals surface area contributed by atoms with Crippen LogP contribution in [0, 0.1) is 13.8 Å². The molecular formula is C68H46N4. The highest BCUT2D eigenvalue weighted by Crippen LogP contribution is 2.57. The molecule has 338 valence electrons. The van der Waals surface area contributed by atoms with E-state index in [9.17, 15) is 0 Å². The molecule has 0 N–H and O–H groups in total. The van der Waals surface area contributed by atoms with Gasteiger partial charge in [0.05, 0.1) is 44.5 Å². The van der Waals surface area contributed by atoms with E-state index in [0.29, 0.717) is 0 Å². The quantitative estimate of drug-likeness (QED) is 0.151. The molecule has 0 radical (unpaired) electrons. The van der Waals surface area contributed by atoms with Gasteiger partial charge in [-0.1, -0.05) is 181 Å². The summed E-state index contributed by atoms with van der Waals surface area (Å²) in [6.45, 7) is 4.32. The highest BCUT2D eigenvalue weighted by Gasteiger charge is 2.33. The lowest BCUT2D eigenvalue weighted by Gasteiger charge is -2.26. The molecule has 0 unspecified atom stereocenters. The Morgan fingerprint density at radius 3 is 0.986 bits per heavy atom. The Hall–Kier alpha value is -9.38. The van der Waals surface area contributed by atoms with Crippen LogP contribution in [0.2, 0.25) is 0 Å². The predicted octanol–water partition coefficient (Wildman–Crippen LogP) is 18.9. The van der Waals surface area contributed by atoms with Crippen LogP contribution in [0.25, 0.3) is 98.4 Å². The summed E-state index contributed by atoms with van der Waals surface area (Å²) in [6.07, 6.45) is 0. The molecule has 72 heavy (non-hydrogen) atoms. The second kappa shape index (κ2) is 15.6. The zero-order chi connectivity index (χ0) is 47.6. The minimum atomic E-state index is 1.12. The zero-order valence-corrected chi connectivity index (χ0v) is 39.9. The van der Waals surface area contributed by atoms with Gasteiger partial charge in [-0.2, -0.15) is 0 Å².